The third kappa shape index (κ3) is 4.02. The molecule has 4 aliphatic carbocycles. The van der Waals surface area contributed by atoms with Gasteiger partial charge in [-0.25, -0.2) is 4.39 Å². The van der Waals surface area contributed by atoms with Crippen LogP contribution < -0.4 is 10.1 Å². The Morgan fingerprint density at radius 2 is 1.70 bits per heavy atom. The summed E-state index contributed by atoms with van der Waals surface area (Å²) in [5.74, 6) is 1.10. The summed E-state index contributed by atoms with van der Waals surface area (Å²) < 4.78 is 18.4. The highest BCUT2D eigenvalue weighted by atomic mass is 19.1. The first-order valence-corrected chi connectivity index (χ1v) is 11.6. The second-order valence-electron chi connectivity index (χ2n) is 10.7. The summed E-state index contributed by atoms with van der Waals surface area (Å²) in [6.07, 6.45) is 9.75. The van der Waals surface area contributed by atoms with Crippen molar-refractivity contribution in [2.24, 2.45) is 10.8 Å². The van der Waals surface area contributed by atoms with Crippen LogP contribution in [0.15, 0.2) is 36.2 Å². The average Bonchev–Trinajstić information content (AvgIpc) is 2.75. The van der Waals surface area contributed by atoms with Crippen molar-refractivity contribution in [3.05, 3.63) is 41.7 Å². The largest absolute Gasteiger partial charge is 0.489 e. The molecule has 0 unspecified atom stereocenters. The van der Waals surface area contributed by atoms with E-state index in [0.717, 1.165) is 57.1 Å². The van der Waals surface area contributed by atoms with Crippen molar-refractivity contribution in [1.29, 1.82) is 0 Å². The predicted octanol–water partition coefficient (Wildman–Crippen LogP) is 6.23. The van der Waals surface area contributed by atoms with E-state index in [9.17, 15) is 9.18 Å². The van der Waals surface area contributed by atoms with Gasteiger partial charge in [-0.3, -0.25) is 4.79 Å². The van der Waals surface area contributed by atoms with Gasteiger partial charge in [0.05, 0.1) is 6.33 Å². The molecule has 164 valence electrons. The SMILES string of the molecule is CC/C(=C\F)COc1ccc(C23CCC(C(=O)NC4CC(C)(C)C4)(CC2)CC3)cc1. The van der Waals surface area contributed by atoms with Crippen molar-refractivity contribution < 1.29 is 13.9 Å². The van der Waals surface area contributed by atoms with E-state index in [0.29, 0.717) is 42.3 Å². The van der Waals surface area contributed by atoms with Crippen LogP contribution in [0.4, 0.5) is 4.39 Å². The highest BCUT2D eigenvalue weighted by molar-refractivity contribution is 5.83. The molecule has 1 N–H and O–H groups in total. The fourth-order valence-corrected chi connectivity index (χ4v) is 5.97. The number of halogens is 1. The number of ether oxygens (including phenoxy) is 1. The first-order valence-electron chi connectivity index (χ1n) is 11.6. The molecule has 30 heavy (non-hydrogen) atoms. The normalized spacial score (nSPS) is 30.6. The lowest BCUT2D eigenvalue weighted by molar-refractivity contribution is -0.140. The molecule has 0 aromatic heterocycles. The number of hydrogen-bond acceptors (Lipinski definition) is 2. The summed E-state index contributed by atoms with van der Waals surface area (Å²) in [4.78, 5) is 13.1. The van der Waals surface area contributed by atoms with Gasteiger partial charge in [0.1, 0.15) is 12.4 Å². The maximum Gasteiger partial charge on any atom is 0.226 e. The summed E-state index contributed by atoms with van der Waals surface area (Å²) in [5, 5.41) is 3.36. The molecule has 3 nitrogen and oxygen atoms in total. The number of hydrogen-bond donors (Lipinski definition) is 1. The van der Waals surface area contributed by atoms with Crippen LogP contribution >= 0.6 is 0 Å². The molecule has 0 radical (unpaired) electrons. The summed E-state index contributed by atoms with van der Waals surface area (Å²) in [5.41, 5.74) is 2.48. The third-order valence-corrected chi connectivity index (χ3v) is 8.16. The molecule has 2 bridgehead atoms. The molecule has 4 aliphatic rings. The Bertz CT molecular complexity index is 778. The zero-order valence-electron chi connectivity index (χ0n) is 18.7. The minimum Gasteiger partial charge on any atom is -0.489 e. The molecular weight excluding hydrogens is 377 g/mol. The zero-order valence-corrected chi connectivity index (χ0v) is 18.7. The van der Waals surface area contributed by atoms with E-state index in [1.807, 2.05) is 19.1 Å². The van der Waals surface area contributed by atoms with Crippen LogP contribution in [0.1, 0.15) is 84.1 Å². The van der Waals surface area contributed by atoms with E-state index < -0.39 is 0 Å². The molecule has 0 aliphatic heterocycles. The van der Waals surface area contributed by atoms with Crippen molar-refractivity contribution >= 4 is 5.91 Å². The van der Waals surface area contributed by atoms with Crippen LogP contribution in [-0.4, -0.2) is 18.6 Å². The lowest BCUT2D eigenvalue weighted by Crippen LogP contribution is -2.56. The van der Waals surface area contributed by atoms with Crippen molar-refractivity contribution in [2.75, 3.05) is 6.61 Å². The molecule has 0 atom stereocenters. The smallest absolute Gasteiger partial charge is 0.226 e. The standard InChI is InChI=1S/C26H36FNO2/c1-4-19(17-27)18-30-22-7-5-20(6-8-22)25-9-12-26(13-10-25,14-11-25)23(29)28-21-15-24(2,3)16-21/h5-8,17,21H,4,9-16,18H2,1-3H3,(H,28,29)/b19-17+. The molecule has 1 amide bonds. The summed E-state index contributed by atoms with van der Waals surface area (Å²) in [6, 6.07) is 8.75. The number of nitrogens with one attached hydrogen (secondary N) is 1. The predicted molar refractivity (Wildman–Crippen MR) is 118 cm³/mol. The number of fused-ring (bicyclic) bond motifs is 3. The number of amides is 1. The van der Waals surface area contributed by atoms with Gasteiger partial charge in [-0.05, 0) is 91.9 Å². The number of carbonyl (C=O) groups excluding carboxylic acids is 1. The van der Waals surface area contributed by atoms with Crippen LogP contribution in [0.5, 0.6) is 5.75 Å². The van der Waals surface area contributed by atoms with Crippen molar-refractivity contribution in [1.82, 2.24) is 5.32 Å². The Morgan fingerprint density at radius 3 is 2.20 bits per heavy atom. The molecule has 1 aromatic carbocycles. The molecule has 4 fully saturated rings. The van der Waals surface area contributed by atoms with E-state index in [2.05, 4.69) is 31.3 Å². The number of rotatable bonds is 7. The van der Waals surface area contributed by atoms with Gasteiger partial charge in [0.15, 0.2) is 0 Å². The second-order valence-corrected chi connectivity index (χ2v) is 10.7. The first-order chi connectivity index (χ1) is 14.3. The van der Waals surface area contributed by atoms with Gasteiger partial charge in [0, 0.05) is 11.5 Å². The van der Waals surface area contributed by atoms with Gasteiger partial charge in [0.25, 0.3) is 0 Å². The Kier molecular flexibility index (Phi) is 5.71. The molecule has 0 saturated heterocycles. The highest BCUT2D eigenvalue weighted by Gasteiger charge is 2.53. The number of benzene rings is 1. The third-order valence-electron chi connectivity index (χ3n) is 8.16. The van der Waals surface area contributed by atoms with Crippen molar-refractivity contribution in [3.8, 4) is 5.75 Å². The highest BCUT2D eigenvalue weighted by Crippen LogP contribution is 2.58. The van der Waals surface area contributed by atoms with Crippen LogP contribution in [-0.2, 0) is 10.2 Å². The van der Waals surface area contributed by atoms with E-state index in [1.165, 1.54) is 5.56 Å². The number of carbonyl (C=O) groups is 1. The Hall–Kier alpha value is -1.84. The average molecular weight is 414 g/mol. The molecular formula is C26H36FNO2. The van der Waals surface area contributed by atoms with Gasteiger partial charge >= 0.3 is 0 Å². The Labute approximate surface area is 180 Å². The Morgan fingerprint density at radius 1 is 1.10 bits per heavy atom. The maximum absolute atomic E-state index is 13.1. The van der Waals surface area contributed by atoms with Crippen LogP contribution in [0, 0.1) is 10.8 Å². The fraction of sp³-hybridized carbons (Fsp3) is 0.654. The minimum atomic E-state index is -0.139. The molecule has 5 rings (SSSR count). The van der Waals surface area contributed by atoms with Gasteiger partial charge in [-0.1, -0.05) is 32.9 Å². The monoisotopic (exact) mass is 413 g/mol. The van der Waals surface area contributed by atoms with Gasteiger partial charge < -0.3 is 10.1 Å². The van der Waals surface area contributed by atoms with E-state index in [1.54, 1.807) is 0 Å². The quantitative estimate of drug-likeness (QED) is 0.576. The minimum absolute atomic E-state index is 0.139. The van der Waals surface area contributed by atoms with E-state index in [4.69, 9.17) is 4.74 Å². The molecule has 0 spiro atoms. The fourth-order valence-electron chi connectivity index (χ4n) is 5.97. The van der Waals surface area contributed by atoms with E-state index in [-0.39, 0.29) is 10.8 Å². The molecule has 4 saturated carbocycles. The lowest BCUT2D eigenvalue weighted by Gasteiger charge is -2.54. The molecule has 0 heterocycles. The molecule has 4 heteroatoms. The summed E-state index contributed by atoms with van der Waals surface area (Å²) in [7, 11) is 0. The molecule has 1 aromatic rings. The van der Waals surface area contributed by atoms with E-state index >= 15 is 0 Å². The second kappa shape index (κ2) is 8.01. The first kappa shape index (κ1) is 21.4. The maximum atomic E-state index is 13.1. The van der Waals surface area contributed by atoms with Gasteiger partial charge in [0.2, 0.25) is 5.91 Å². The van der Waals surface area contributed by atoms with Crippen LogP contribution in [0.25, 0.3) is 0 Å². The van der Waals surface area contributed by atoms with Crippen LogP contribution in [0.2, 0.25) is 0 Å². The van der Waals surface area contributed by atoms with Crippen LogP contribution in [0.3, 0.4) is 0 Å². The van der Waals surface area contributed by atoms with Crippen molar-refractivity contribution in [3.63, 3.8) is 0 Å². The topological polar surface area (TPSA) is 38.3 Å². The Balaban J connectivity index is 1.35. The zero-order chi connectivity index (χ0) is 21.4. The summed E-state index contributed by atoms with van der Waals surface area (Å²) >= 11 is 0. The van der Waals surface area contributed by atoms with Gasteiger partial charge in [-0.15, -0.1) is 0 Å². The van der Waals surface area contributed by atoms with Crippen molar-refractivity contribution in [2.45, 2.75) is 90.0 Å². The van der Waals surface area contributed by atoms with Gasteiger partial charge in [-0.2, -0.15) is 0 Å². The lowest BCUT2D eigenvalue weighted by atomic mass is 9.51. The summed E-state index contributed by atoms with van der Waals surface area (Å²) in [6.45, 7) is 6.78.